The Hall–Kier alpha value is -1.92. The molecule has 0 aliphatic rings. The van der Waals surface area contributed by atoms with E-state index in [1.165, 1.54) is 424 Å². The van der Waals surface area contributed by atoms with Gasteiger partial charge in [-0.3, -0.25) is 9.59 Å². The van der Waals surface area contributed by atoms with E-state index in [9.17, 15) is 19.8 Å². The lowest BCUT2D eigenvalue weighted by atomic mass is 10.0. The number of unbranched alkanes of at least 4 members (excludes halogenated alkanes) is 68. The third-order valence-corrected chi connectivity index (χ3v) is 20.6. The minimum atomic E-state index is -0.844. The Labute approximate surface area is 595 Å². The quantitative estimate of drug-likeness (QED) is 0.0320. The van der Waals surface area contributed by atoms with Crippen LogP contribution in [0.3, 0.4) is 0 Å². The average Bonchev–Trinajstić information content (AvgIpc) is 2.97. The van der Waals surface area contributed by atoms with Crippen LogP contribution in [0.15, 0.2) is 36.5 Å². The molecule has 0 heterocycles. The molecule has 0 spiro atoms. The SMILES string of the molecule is CCCCCCCCC/C=C\CCCCCCCC(=O)OCCCCCCCCCCCCCCCCCC/C=C\CCCCCCCCCCCCCCCCCCCC(=O)NC(CO)C(O)/C=C/CCCCCCCCCCCCCCCCCCCCCCCCC. The zero-order chi connectivity index (χ0) is 68.4. The second-order valence-electron chi connectivity index (χ2n) is 30.2. The summed E-state index contributed by atoms with van der Waals surface area (Å²) in [7, 11) is 0. The van der Waals surface area contributed by atoms with Crippen LogP contribution in [0.4, 0.5) is 0 Å². The van der Waals surface area contributed by atoms with Crippen molar-refractivity contribution in [3.8, 4) is 0 Å². The summed E-state index contributed by atoms with van der Waals surface area (Å²) in [5, 5.41) is 23.3. The van der Waals surface area contributed by atoms with Gasteiger partial charge in [0.25, 0.3) is 0 Å². The molecule has 0 fully saturated rings. The lowest BCUT2D eigenvalue weighted by Gasteiger charge is -2.20. The summed E-state index contributed by atoms with van der Waals surface area (Å²) in [5.74, 6) is -0.0435. The van der Waals surface area contributed by atoms with Gasteiger partial charge in [-0.15, -0.1) is 0 Å². The molecule has 0 bridgehead atoms. The lowest BCUT2D eigenvalue weighted by molar-refractivity contribution is -0.143. The molecule has 2 unspecified atom stereocenters. The second kappa shape index (κ2) is 84.5. The molecule has 0 aliphatic carbocycles. The van der Waals surface area contributed by atoms with E-state index in [4.69, 9.17) is 4.74 Å². The van der Waals surface area contributed by atoms with Crippen LogP contribution in [0.25, 0.3) is 0 Å². The molecule has 0 aliphatic heterocycles. The van der Waals surface area contributed by atoms with Crippen molar-refractivity contribution in [1.82, 2.24) is 5.32 Å². The van der Waals surface area contributed by atoms with Gasteiger partial charge < -0.3 is 20.3 Å². The highest BCUT2D eigenvalue weighted by molar-refractivity contribution is 5.76. The van der Waals surface area contributed by atoms with Crippen LogP contribution in [-0.4, -0.2) is 47.4 Å². The van der Waals surface area contributed by atoms with Crippen molar-refractivity contribution in [2.75, 3.05) is 13.2 Å². The van der Waals surface area contributed by atoms with E-state index in [-0.39, 0.29) is 18.5 Å². The Kier molecular flexibility index (Phi) is 82.8. The standard InChI is InChI=1S/C89H171NO5/c1-3-5-7-9-11-13-15-17-19-21-22-23-24-38-41-44-47-50-53-57-61-65-69-73-77-81-87(92)86(85-91)90-88(93)82-78-74-70-66-62-58-54-51-48-45-42-39-36-34-32-30-28-26-25-27-29-31-33-35-37-40-43-46-49-52-56-60-64-68-72-76-80-84-95-89(94)83-79-75-71-67-63-59-55-20-18-16-14-12-10-8-6-4-2/h20,25,27,55,77,81,86-87,91-92H,3-19,21-24,26,28-54,56-76,78-80,82-85H2,1-2H3,(H,90,93)/b27-25-,55-20-,81-77+. The zero-order valence-corrected chi connectivity index (χ0v) is 64.7. The second-order valence-corrected chi connectivity index (χ2v) is 30.2. The van der Waals surface area contributed by atoms with Gasteiger partial charge in [-0.1, -0.05) is 436 Å². The first kappa shape index (κ1) is 93.1. The van der Waals surface area contributed by atoms with Crippen LogP contribution in [0.1, 0.15) is 495 Å². The molecule has 95 heavy (non-hydrogen) atoms. The number of amides is 1. The highest BCUT2D eigenvalue weighted by Gasteiger charge is 2.18. The van der Waals surface area contributed by atoms with E-state index < -0.39 is 12.1 Å². The number of hydrogen-bond donors (Lipinski definition) is 3. The molecular formula is C89H171NO5. The topological polar surface area (TPSA) is 95.9 Å². The van der Waals surface area contributed by atoms with Gasteiger partial charge in [-0.2, -0.15) is 0 Å². The van der Waals surface area contributed by atoms with E-state index in [0.717, 1.165) is 44.9 Å². The van der Waals surface area contributed by atoms with Crippen LogP contribution >= 0.6 is 0 Å². The molecule has 6 nitrogen and oxygen atoms in total. The normalized spacial score (nSPS) is 12.6. The Morgan fingerprint density at radius 1 is 0.284 bits per heavy atom. The summed E-state index contributed by atoms with van der Waals surface area (Å²) in [5.41, 5.74) is 0. The van der Waals surface area contributed by atoms with Gasteiger partial charge in [-0.05, 0) is 83.5 Å². The Balaban J connectivity index is 3.36. The Morgan fingerprint density at radius 3 is 0.747 bits per heavy atom. The third-order valence-electron chi connectivity index (χ3n) is 20.6. The molecular weight excluding hydrogens is 1160 g/mol. The van der Waals surface area contributed by atoms with Gasteiger partial charge in [0.1, 0.15) is 0 Å². The number of nitrogens with one attached hydrogen (secondary N) is 1. The van der Waals surface area contributed by atoms with E-state index in [0.29, 0.717) is 19.4 Å². The van der Waals surface area contributed by atoms with E-state index >= 15 is 0 Å². The maximum absolute atomic E-state index is 12.6. The van der Waals surface area contributed by atoms with E-state index in [1.54, 1.807) is 6.08 Å². The van der Waals surface area contributed by atoms with Crippen molar-refractivity contribution in [3.05, 3.63) is 36.5 Å². The van der Waals surface area contributed by atoms with Crippen LogP contribution in [0.5, 0.6) is 0 Å². The predicted molar refractivity (Wildman–Crippen MR) is 421 cm³/mol. The number of rotatable bonds is 83. The molecule has 562 valence electrons. The third kappa shape index (κ3) is 80.9. The minimum absolute atomic E-state index is 0.0148. The van der Waals surface area contributed by atoms with Crippen LogP contribution < -0.4 is 5.32 Å². The lowest BCUT2D eigenvalue weighted by Crippen LogP contribution is -2.45. The molecule has 0 saturated carbocycles. The number of carbonyl (C=O) groups excluding carboxylic acids is 2. The van der Waals surface area contributed by atoms with Gasteiger partial charge in [-0.25, -0.2) is 0 Å². The van der Waals surface area contributed by atoms with Gasteiger partial charge in [0.05, 0.1) is 25.4 Å². The number of aliphatic hydroxyl groups excluding tert-OH is 2. The van der Waals surface area contributed by atoms with Gasteiger partial charge in [0.15, 0.2) is 0 Å². The van der Waals surface area contributed by atoms with E-state index in [2.05, 4.69) is 43.5 Å². The number of esters is 1. The highest BCUT2D eigenvalue weighted by atomic mass is 16.5. The zero-order valence-electron chi connectivity index (χ0n) is 64.7. The van der Waals surface area contributed by atoms with Gasteiger partial charge in [0.2, 0.25) is 5.91 Å². The molecule has 0 saturated heterocycles. The molecule has 3 N–H and O–H groups in total. The highest BCUT2D eigenvalue weighted by Crippen LogP contribution is 2.21. The first-order valence-electron chi connectivity index (χ1n) is 43.8. The fourth-order valence-electron chi connectivity index (χ4n) is 14.0. The maximum atomic E-state index is 12.6. The Bertz CT molecular complexity index is 1540. The van der Waals surface area contributed by atoms with Crippen molar-refractivity contribution in [3.63, 3.8) is 0 Å². The first-order chi connectivity index (χ1) is 47.0. The molecule has 0 aromatic carbocycles. The van der Waals surface area contributed by atoms with Gasteiger partial charge >= 0.3 is 5.97 Å². The van der Waals surface area contributed by atoms with Crippen LogP contribution in [-0.2, 0) is 14.3 Å². The number of aliphatic hydroxyl groups is 2. The summed E-state index contributed by atoms with van der Waals surface area (Å²) in [4.78, 5) is 24.7. The minimum Gasteiger partial charge on any atom is -0.466 e. The monoisotopic (exact) mass is 1330 g/mol. The smallest absolute Gasteiger partial charge is 0.305 e. The number of carbonyl (C=O) groups is 2. The molecule has 6 heteroatoms. The number of allylic oxidation sites excluding steroid dienone is 5. The van der Waals surface area contributed by atoms with Crippen molar-refractivity contribution < 1.29 is 24.5 Å². The van der Waals surface area contributed by atoms with Gasteiger partial charge in [0, 0.05) is 12.8 Å². The number of ether oxygens (including phenoxy) is 1. The molecule has 0 aromatic heterocycles. The average molecular weight is 1340 g/mol. The molecule has 0 rings (SSSR count). The van der Waals surface area contributed by atoms with Crippen molar-refractivity contribution >= 4 is 11.9 Å². The van der Waals surface area contributed by atoms with Crippen molar-refractivity contribution in [2.45, 2.75) is 508 Å². The van der Waals surface area contributed by atoms with Crippen molar-refractivity contribution in [1.29, 1.82) is 0 Å². The summed E-state index contributed by atoms with van der Waals surface area (Å²) in [6.07, 6.45) is 112. The summed E-state index contributed by atoms with van der Waals surface area (Å²) in [6, 6.07) is -0.627. The summed E-state index contributed by atoms with van der Waals surface area (Å²) < 4.78 is 5.51. The fraction of sp³-hybridized carbons (Fsp3) is 0.910. The van der Waals surface area contributed by atoms with Crippen LogP contribution in [0.2, 0.25) is 0 Å². The fourth-order valence-corrected chi connectivity index (χ4v) is 14.0. The van der Waals surface area contributed by atoms with E-state index in [1.807, 2.05) is 6.08 Å². The largest absolute Gasteiger partial charge is 0.466 e. The summed E-state index contributed by atoms with van der Waals surface area (Å²) >= 11 is 0. The van der Waals surface area contributed by atoms with Crippen molar-refractivity contribution in [2.24, 2.45) is 0 Å². The summed E-state index contributed by atoms with van der Waals surface area (Å²) in [6.45, 7) is 4.96. The molecule has 2 atom stereocenters. The molecule has 0 aromatic rings. The Morgan fingerprint density at radius 2 is 0.495 bits per heavy atom. The number of hydrogen-bond acceptors (Lipinski definition) is 5. The predicted octanol–water partition coefficient (Wildman–Crippen LogP) is 29.3. The molecule has 0 radical (unpaired) electrons. The maximum Gasteiger partial charge on any atom is 0.305 e. The van der Waals surface area contributed by atoms with Crippen LogP contribution in [0, 0.1) is 0 Å². The first-order valence-corrected chi connectivity index (χ1v) is 43.8. The molecule has 1 amide bonds.